The molecule has 8 N–H and O–H groups in total. The van der Waals surface area contributed by atoms with E-state index in [2.05, 4.69) is 9.98 Å². The van der Waals surface area contributed by atoms with Crippen LogP contribution in [0.2, 0.25) is 0 Å². The van der Waals surface area contributed by atoms with Crippen LogP contribution in [0.4, 0.5) is 5.69 Å². The first-order chi connectivity index (χ1) is 29.0. The van der Waals surface area contributed by atoms with E-state index in [-0.39, 0.29) is 5.96 Å². The third-order valence-electron chi connectivity index (χ3n) is 9.31. The van der Waals surface area contributed by atoms with E-state index in [9.17, 15) is 9.59 Å². The van der Waals surface area contributed by atoms with Crippen LogP contribution in [0.15, 0.2) is 131 Å². The summed E-state index contributed by atoms with van der Waals surface area (Å²) in [4.78, 5) is 33.7. The van der Waals surface area contributed by atoms with Gasteiger partial charge in [0.1, 0.15) is 17.3 Å². The molecule has 0 aliphatic heterocycles. The number of benzene rings is 6. The monoisotopic (exact) mass is 805 g/mol. The lowest BCUT2D eigenvalue weighted by molar-refractivity contribution is 0.0504. The van der Waals surface area contributed by atoms with E-state index >= 15 is 0 Å². The molecule has 6 rings (SSSR count). The van der Waals surface area contributed by atoms with Crippen LogP contribution in [-0.4, -0.2) is 68.1 Å². The van der Waals surface area contributed by atoms with Crippen molar-refractivity contribution >= 4 is 62.4 Å². The Morgan fingerprint density at radius 3 is 1.67 bits per heavy atom. The van der Waals surface area contributed by atoms with Crippen molar-refractivity contribution < 1.29 is 28.5 Å². The van der Waals surface area contributed by atoms with Gasteiger partial charge in [0.25, 0.3) is 0 Å². The maximum atomic E-state index is 12.7. The topological polar surface area (TPSA) is 222 Å². The Bertz CT molecular complexity index is 2570. The van der Waals surface area contributed by atoms with E-state index in [1.807, 2.05) is 66.7 Å². The van der Waals surface area contributed by atoms with E-state index in [4.69, 9.17) is 47.0 Å². The van der Waals surface area contributed by atoms with E-state index in [1.54, 1.807) is 61.5 Å². The SMILES string of the molecule is CC(=N)Cc1ccc(C(=O)Oc2ccc3cc(C(=N)CCCOCCOCCN=C(N)c4ccc5cc(OC(=O)c6ccc(N=C(N)N)cc6)ccc5c4)ccc3c2)cc1. The van der Waals surface area contributed by atoms with Crippen LogP contribution in [0.1, 0.15) is 57.2 Å². The minimum Gasteiger partial charge on any atom is -0.423 e. The zero-order chi connectivity index (χ0) is 42.4. The zero-order valence-electron chi connectivity index (χ0n) is 33.3. The smallest absolute Gasteiger partial charge is 0.343 e. The molecule has 0 aliphatic rings. The average molecular weight is 806 g/mol. The summed E-state index contributed by atoms with van der Waals surface area (Å²) in [6.07, 6.45) is 1.81. The summed E-state index contributed by atoms with van der Waals surface area (Å²) in [5.41, 5.74) is 22.1. The predicted molar refractivity (Wildman–Crippen MR) is 237 cm³/mol. The molecule has 0 atom stereocenters. The van der Waals surface area contributed by atoms with Crippen molar-refractivity contribution in [2.75, 3.05) is 33.0 Å². The maximum Gasteiger partial charge on any atom is 0.343 e. The van der Waals surface area contributed by atoms with Crippen molar-refractivity contribution in [2.45, 2.75) is 26.2 Å². The van der Waals surface area contributed by atoms with Gasteiger partial charge < -0.3 is 47.0 Å². The lowest BCUT2D eigenvalue weighted by Gasteiger charge is -2.09. The van der Waals surface area contributed by atoms with Gasteiger partial charge in [0.05, 0.1) is 43.2 Å². The van der Waals surface area contributed by atoms with Crippen LogP contribution >= 0.6 is 0 Å². The highest BCUT2D eigenvalue weighted by Gasteiger charge is 2.12. The number of fused-ring (bicyclic) bond motifs is 2. The largest absolute Gasteiger partial charge is 0.423 e. The number of carbonyl (C=O) groups excluding carboxylic acids is 2. The number of carbonyl (C=O) groups is 2. The molecule has 0 bridgehead atoms. The maximum absolute atomic E-state index is 12.7. The van der Waals surface area contributed by atoms with Crippen molar-refractivity contribution in [3.05, 3.63) is 149 Å². The summed E-state index contributed by atoms with van der Waals surface area (Å²) in [7, 11) is 0. The van der Waals surface area contributed by atoms with Crippen LogP contribution in [0.5, 0.6) is 11.5 Å². The van der Waals surface area contributed by atoms with Gasteiger partial charge in [-0.1, -0.05) is 48.5 Å². The fraction of sp³-hybridized carbons (Fsp3) is 0.191. The summed E-state index contributed by atoms with van der Waals surface area (Å²) in [5, 5.41) is 19.9. The van der Waals surface area contributed by atoms with Gasteiger partial charge in [-0.3, -0.25) is 4.99 Å². The molecule has 0 fully saturated rings. The summed E-state index contributed by atoms with van der Waals surface area (Å²) < 4.78 is 22.6. The van der Waals surface area contributed by atoms with Gasteiger partial charge in [0.15, 0.2) is 5.96 Å². The third kappa shape index (κ3) is 12.1. The molecule has 0 aromatic heterocycles. The van der Waals surface area contributed by atoms with Crippen molar-refractivity contribution in [1.29, 1.82) is 10.8 Å². The van der Waals surface area contributed by atoms with Gasteiger partial charge >= 0.3 is 11.9 Å². The number of nitrogens with zero attached hydrogens (tertiary/aromatic N) is 2. The molecule has 0 unspecified atom stereocenters. The molecule has 6 aromatic carbocycles. The van der Waals surface area contributed by atoms with Crippen LogP contribution in [0, 0.1) is 10.8 Å². The number of hydrogen-bond donors (Lipinski definition) is 5. The normalized spacial score (nSPS) is 11.3. The molecule has 60 heavy (non-hydrogen) atoms. The first-order valence-corrected chi connectivity index (χ1v) is 19.4. The quantitative estimate of drug-likeness (QED) is 0.0179. The molecule has 0 saturated carbocycles. The predicted octanol–water partition coefficient (Wildman–Crippen LogP) is 7.51. The second kappa shape index (κ2) is 20.5. The Kier molecular flexibility index (Phi) is 14.5. The molecule has 0 aliphatic carbocycles. The second-order valence-corrected chi connectivity index (χ2v) is 14.0. The van der Waals surface area contributed by atoms with E-state index < -0.39 is 11.9 Å². The van der Waals surface area contributed by atoms with Crippen LogP contribution < -0.4 is 26.7 Å². The number of ether oxygens (including phenoxy) is 4. The third-order valence-corrected chi connectivity index (χ3v) is 9.31. The second-order valence-electron chi connectivity index (χ2n) is 14.0. The molecular weight excluding hydrogens is 759 g/mol. The van der Waals surface area contributed by atoms with Gasteiger partial charge in [-0.05, 0) is 125 Å². The Balaban J connectivity index is 0.859. The lowest BCUT2D eigenvalue weighted by atomic mass is 10.0. The van der Waals surface area contributed by atoms with Crippen LogP contribution in [0.25, 0.3) is 21.5 Å². The van der Waals surface area contributed by atoms with Gasteiger partial charge in [-0.15, -0.1) is 0 Å². The van der Waals surface area contributed by atoms with Gasteiger partial charge in [0, 0.05) is 30.0 Å². The summed E-state index contributed by atoms with van der Waals surface area (Å²) in [6.45, 7) is 3.88. The van der Waals surface area contributed by atoms with Gasteiger partial charge in [-0.2, -0.15) is 0 Å². The summed E-state index contributed by atoms with van der Waals surface area (Å²) >= 11 is 0. The highest BCUT2D eigenvalue weighted by atomic mass is 16.5. The number of nitrogens with one attached hydrogen (secondary N) is 2. The summed E-state index contributed by atoms with van der Waals surface area (Å²) in [5.74, 6) is 0.235. The van der Waals surface area contributed by atoms with Gasteiger partial charge in [-0.25, -0.2) is 14.6 Å². The molecule has 13 heteroatoms. The van der Waals surface area contributed by atoms with Crippen LogP contribution in [-0.2, 0) is 15.9 Å². The number of amidine groups is 1. The molecule has 13 nitrogen and oxygen atoms in total. The average Bonchev–Trinajstić information content (AvgIpc) is 3.23. The fourth-order valence-electron chi connectivity index (χ4n) is 6.28. The fourth-order valence-corrected chi connectivity index (χ4v) is 6.28. The Morgan fingerprint density at radius 2 is 1.08 bits per heavy atom. The molecule has 0 spiro atoms. The Hall–Kier alpha value is -7.22. The lowest BCUT2D eigenvalue weighted by Crippen LogP contribution is -2.21. The number of aliphatic imine (C=N–C) groups is 2. The number of rotatable bonds is 19. The van der Waals surface area contributed by atoms with Crippen molar-refractivity contribution in [3.63, 3.8) is 0 Å². The minimum atomic E-state index is -0.502. The molecule has 0 amide bonds. The van der Waals surface area contributed by atoms with Crippen molar-refractivity contribution in [3.8, 4) is 11.5 Å². The molecule has 0 radical (unpaired) electrons. The van der Waals surface area contributed by atoms with E-state index in [0.29, 0.717) is 97.8 Å². The first-order valence-electron chi connectivity index (χ1n) is 19.4. The van der Waals surface area contributed by atoms with Gasteiger partial charge in [0.2, 0.25) is 0 Å². The zero-order valence-corrected chi connectivity index (χ0v) is 33.3. The molecule has 0 saturated heterocycles. The summed E-state index contributed by atoms with van der Waals surface area (Å²) in [6, 6.07) is 35.9. The standard InChI is InChI=1S/C47H47N7O6/c1-30(48)25-31-4-6-32(7-5-31)45(55)59-41-18-14-34-26-38(10-8-36(34)28-41)43(49)3-2-21-57-23-24-58-22-20-53-44(50)39-11-9-37-29-42(19-15-35(37)27-39)60-46(56)33-12-16-40(17-13-33)54-47(51)52/h4-19,26-29,48-49H,2-3,20-25H2,1H3,(H2,50,53)(H4,51,52,54). The Morgan fingerprint density at radius 1 is 0.583 bits per heavy atom. The van der Waals surface area contributed by atoms with Crippen molar-refractivity contribution in [1.82, 2.24) is 0 Å². The molecule has 6 aromatic rings. The molecular formula is C47H47N7O6. The number of hydrogen-bond acceptors (Lipinski definition) is 10. The highest BCUT2D eigenvalue weighted by molar-refractivity contribution is 6.02. The molecule has 0 heterocycles. The first kappa shape index (κ1) is 42.4. The highest BCUT2D eigenvalue weighted by Crippen LogP contribution is 2.25. The molecule has 306 valence electrons. The van der Waals surface area contributed by atoms with Crippen molar-refractivity contribution in [2.24, 2.45) is 27.2 Å². The minimum absolute atomic E-state index is 0.0658. The van der Waals surface area contributed by atoms with Crippen LogP contribution in [0.3, 0.4) is 0 Å². The van der Waals surface area contributed by atoms with E-state index in [1.165, 1.54) is 0 Å². The Labute approximate surface area is 347 Å². The number of guanidine groups is 1. The number of nitrogens with two attached hydrogens (primary N) is 3. The number of esters is 2. The van der Waals surface area contributed by atoms with E-state index in [0.717, 1.165) is 38.2 Å².